The summed E-state index contributed by atoms with van der Waals surface area (Å²) >= 11 is 0. The van der Waals surface area contributed by atoms with E-state index in [4.69, 9.17) is 4.74 Å². The number of hydrogen-bond donors (Lipinski definition) is 0. The lowest BCUT2D eigenvalue weighted by atomic mass is 10.2. The van der Waals surface area contributed by atoms with Crippen molar-refractivity contribution in [3.05, 3.63) is 0 Å². The summed E-state index contributed by atoms with van der Waals surface area (Å²) in [7, 11) is 0. The molecule has 0 aromatic carbocycles. The molecule has 0 spiro atoms. The highest BCUT2D eigenvalue weighted by Crippen LogP contribution is 2.03. The highest BCUT2D eigenvalue weighted by molar-refractivity contribution is 5.91. The number of hydrazone groups is 1. The first-order chi connectivity index (χ1) is 6.45. The molecule has 2 aliphatic rings. The molecule has 0 atom stereocenters. The predicted octanol–water partition coefficient (Wildman–Crippen LogP) is 0.539. The van der Waals surface area contributed by atoms with Crippen LogP contribution >= 0.6 is 0 Å². The van der Waals surface area contributed by atoms with Gasteiger partial charge < -0.3 is 4.74 Å². The highest BCUT2D eigenvalue weighted by atomic mass is 16.5. The van der Waals surface area contributed by atoms with Crippen LogP contribution in [0.2, 0.25) is 0 Å². The highest BCUT2D eigenvalue weighted by Gasteiger charge is 2.09. The maximum absolute atomic E-state index is 5.25. The number of nitrogens with zero attached hydrogens (tertiary/aromatic N) is 3. The van der Waals surface area contributed by atoms with Crippen LogP contribution in [0.25, 0.3) is 0 Å². The average Bonchev–Trinajstić information content (AvgIpc) is 2.21. The quantitative estimate of drug-likeness (QED) is 0.592. The van der Waals surface area contributed by atoms with Crippen LogP contribution in [0.15, 0.2) is 10.1 Å². The van der Waals surface area contributed by atoms with E-state index in [1.807, 2.05) is 6.21 Å². The van der Waals surface area contributed by atoms with Gasteiger partial charge in [0.1, 0.15) is 0 Å². The molecular weight excluding hydrogens is 166 g/mol. The molecule has 72 valence electrons. The SMILES string of the molecule is C1=NCC(=NN2CCOCC2)CC1. The van der Waals surface area contributed by atoms with Crippen LogP contribution in [0.4, 0.5) is 0 Å². The van der Waals surface area contributed by atoms with Gasteiger partial charge >= 0.3 is 0 Å². The van der Waals surface area contributed by atoms with Crippen molar-refractivity contribution in [2.75, 3.05) is 32.8 Å². The van der Waals surface area contributed by atoms with Crippen LogP contribution in [-0.4, -0.2) is 49.8 Å². The summed E-state index contributed by atoms with van der Waals surface area (Å²) in [5.41, 5.74) is 1.21. The van der Waals surface area contributed by atoms with E-state index in [9.17, 15) is 0 Å². The molecular formula is C9H15N3O. The van der Waals surface area contributed by atoms with Crippen molar-refractivity contribution < 1.29 is 4.74 Å². The van der Waals surface area contributed by atoms with Crippen molar-refractivity contribution in [3.63, 3.8) is 0 Å². The van der Waals surface area contributed by atoms with Crippen molar-refractivity contribution in [2.45, 2.75) is 12.8 Å². The van der Waals surface area contributed by atoms with Gasteiger partial charge in [0.15, 0.2) is 0 Å². The fraction of sp³-hybridized carbons (Fsp3) is 0.778. The van der Waals surface area contributed by atoms with E-state index in [2.05, 4.69) is 15.1 Å². The fourth-order valence-electron chi connectivity index (χ4n) is 1.51. The Kier molecular flexibility index (Phi) is 2.92. The van der Waals surface area contributed by atoms with Crippen LogP contribution in [0.3, 0.4) is 0 Å². The minimum absolute atomic E-state index is 0.789. The number of morpholine rings is 1. The molecule has 2 heterocycles. The third-order valence-electron chi connectivity index (χ3n) is 2.24. The molecule has 13 heavy (non-hydrogen) atoms. The van der Waals surface area contributed by atoms with Gasteiger partial charge in [0.2, 0.25) is 0 Å². The van der Waals surface area contributed by atoms with E-state index < -0.39 is 0 Å². The molecule has 0 unspecified atom stereocenters. The first-order valence-electron chi connectivity index (χ1n) is 4.82. The summed E-state index contributed by atoms with van der Waals surface area (Å²) in [6.07, 6.45) is 4.10. The van der Waals surface area contributed by atoms with Crippen molar-refractivity contribution in [1.82, 2.24) is 5.01 Å². The van der Waals surface area contributed by atoms with Gasteiger partial charge in [-0.1, -0.05) is 0 Å². The summed E-state index contributed by atoms with van der Waals surface area (Å²) in [5, 5.41) is 6.65. The van der Waals surface area contributed by atoms with E-state index in [0.29, 0.717) is 0 Å². The molecule has 0 saturated carbocycles. The van der Waals surface area contributed by atoms with E-state index in [0.717, 1.165) is 45.7 Å². The standard InChI is InChI=1S/C9H15N3O/c1-2-9(8-10-3-1)11-12-4-6-13-7-5-12/h3H,1-2,4-8H2. The van der Waals surface area contributed by atoms with Gasteiger partial charge in [-0.15, -0.1) is 0 Å². The zero-order chi connectivity index (χ0) is 8.93. The molecule has 1 saturated heterocycles. The summed E-state index contributed by atoms with van der Waals surface area (Å²) < 4.78 is 5.25. The zero-order valence-electron chi connectivity index (χ0n) is 7.78. The third kappa shape index (κ3) is 2.52. The van der Waals surface area contributed by atoms with E-state index in [1.54, 1.807) is 0 Å². The average molecular weight is 181 g/mol. The van der Waals surface area contributed by atoms with Crippen molar-refractivity contribution >= 4 is 11.9 Å². The van der Waals surface area contributed by atoms with Crippen molar-refractivity contribution in [3.8, 4) is 0 Å². The Labute approximate surface area is 78.3 Å². The molecule has 0 aromatic rings. The second-order valence-electron chi connectivity index (χ2n) is 3.29. The summed E-state index contributed by atoms with van der Waals surface area (Å²) in [4.78, 5) is 4.21. The molecule has 4 heteroatoms. The van der Waals surface area contributed by atoms with Gasteiger partial charge in [-0.05, 0) is 19.1 Å². The van der Waals surface area contributed by atoms with Crippen LogP contribution < -0.4 is 0 Å². The minimum atomic E-state index is 0.789. The lowest BCUT2D eigenvalue weighted by Crippen LogP contribution is -2.33. The second kappa shape index (κ2) is 4.37. The molecule has 4 nitrogen and oxygen atoms in total. The monoisotopic (exact) mass is 181 g/mol. The summed E-state index contributed by atoms with van der Waals surface area (Å²) in [6.45, 7) is 4.25. The van der Waals surface area contributed by atoms with Crippen molar-refractivity contribution in [1.29, 1.82) is 0 Å². The van der Waals surface area contributed by atoms with Gasteiger partial charge in [0.25, 0.3) is 0 Å². The molecule has 0 bridgehead atoms. The molecule has 0 aromatic heterocycles. The lowest BCUT2D eigenvalue weighted by Gasteiger charge is -2.25. The maximum atomic E-state index is 5.25. The van der Waals surface area contributed by atoms with Gasteiger partial charge in [-0.2, -0.15) is 5.10 Å². The fourth-order valence-corrected chi connectivity index (χ4v) is 1.51. The Balaban J connectivity index is 1.89. The number of aliphatic imine (C=N–C) groups is 1. The van der Waals surface area contributed by atoms with E-state index in [1.165, 1.54) is 5.71 Å². The molecule has 0 amide bonds. The van der Waals surface area contributed by atoms with Crippen LogP contribution in [0.1, 0.15) is 12.8 Å². The van der Waals surface area contributed by atoms with Gasteiger partial charge in [0, 0.05) is 0 Å². The normalized spacial score (nSPS) is 26.8. The largest absolute Gasteiger partial charge is 0.378 e. The number of hydrogen-bond acceptors (Lipinski definition) is 4. The Hall–Kier alpha value is -0.900. The third-order valence-corrected chi connectivity index (χ3v) is 2.24. The maximum Gasteiger partial charge on any atom is 0.0786 e. The van der Waals surface area contributed by atoms with E-state index in [-0.39, 0.29) is 0 Å². The predicted molar refractivity (Wildman–Crippen MR) is 52.4 cm³/mol. The first-order valence-corrected chi connectivity index (χ1v) is 4.82. The smallest absolute Gasteiger partial charge is 0.0786 e. The Morgan fingerprint density at radius 3 is 2.92 bits per heavy atom. The molecule has 2 rings (SSSR count). The lowest BCUT2D eigenvalue weighted by molar-refractivity contribution is 0.0392. The Bertz CT molecular complexity index is 219. The number of ether oxygens (including phenoxy) is 1. The second-order valence-corrected chi connectivity index (χ2v) is 3.29. The Morgan fingerprint density at radius 1 is 1.38 bits per heavy atom. The molecule has 2 aliphatic heterocycles. The van der Waals surface area contributed by atoms with Crippen molar-refractivity contribution in [2.24, 2.45) is 10.1 Å². The first kappa shape index (κ1) is 8.69. The molecule has 0 N–H and O–H groups in total. The molecule has 0 aliphatic carbocycles. The summed E-state index contributed by atoms with van der Waals surface area (Å²) in [6, 6.07) is 0. The van der Waals surface area contributed by atoms with E-state index >= 15 is 0 Å². The zero-order valence-corrected chi connectivity index (χ0v) is 7.78. The topological polar surface area (TPSA) is 37.2 Å². The minimum Gasteiger partial charge on any atom is -0.378 e. The van der Waals surface area contributed by atoms with Gasteiger partial charge in [-0.25, -0.2) is 0 Å². The Morgan fingerprint density at radius 2 is 2.23 bits per heavy atom. The molecule has 1 fully saturated rings. The van der Waals surface area contributed by atoms with Gasteiger partial charge in [0.05, 0.1) is 38.6 Å². The summed E-state index contributed by atoms with van der Waals surface area (Å²) in [5.74, 6) is 0. The number of rotatable bonds is 1. The van der Waals surface area contributed by atoms with Crippen LogP contribution in [0.5, 0.6) is 0 Å². The molecule has 0 radical (unpaired) electrons. The van der Waals surface area contributed by atoms with Crippen LogP contribution in [-0.2, 0) is 4.74 Å². The van der Waals surface area contributed by atoms with Crippen LogP contribution in [0, 0.1) is 0 Å². The van der Waals surface area contributed by atoms with Gasteiger partial charge in [-0.3, -0.25) is 10.0 Å².